The van der Waals surface area contributed by atoms with Crippen molar-refractivity contribution in [2.45, 2.75) is 31.3 Å². The number of carbonyl (C=O) groups is 2. The van der Waals surface area contributed by atoms with Gasteiger partial charge in [0.25, 0.3) is 0 Å². The van der Waals surface area contributed by atoms with E-state index < -0.39 is 37.0 Å². The van der Waals surface area contributed by atoms with Crippen LogP contribution in [0.15, 0.2) is 0 Å². The zero-order valence-corrected chi connectivity index (χ0v) is 11.6. The zero-order chi connectivity index (χ0) is 13.3. The second kappa shape index (κ2) is 12.4. The Morgan fingerprint density at radius 2 is 1.59 bits per heavy atom. The molecule has 0 aromatic heterocycles. The van der Waals surface area contributed by atoms with E-state index in [9.17, 15) is 4.79 Å². The van der Waals surface area contributed by atoms with Gasteiger partial charge in [-0.25, -0.2) is 0 Å². The minimum atomic E-state index is -1.79. The van der Waals surface area contributed by atoms with Crippen LogP contribution in [0, 0.1) is 0 Å². The smallest absolute Gasteiger partial charge is 0.550 e. The van der Waals surface area contributed by atoms with Crippen LogP contribution in [0.1, 0.15) is 6.92 Å². The Morgan fingerprint density at radius 3 is 1.82 bits per heavy atom. The maximum Gasteiger partial charge on any atom is 1.00 e. The van der Waals surface area contributed by atoms with Crippen LogP contribution < -0.4 is 34.7 Å². The molecule has 0 aliphatic heterocycles. The largest absolute Gasteiger partial charge is 1.00 e. The Labute approximate surface area is 120 Å². The molecule has 0 rings (SSSR count). The van der Waals surface area contributed by atoms with Gasteiger partial charge in [0.1, 0.15) is 24.4 Å². The molecule has 8 nitrogen and oxygen atoms in total. The number of carboxylic acid groups (broad SMARTS) is 1. The van der Waals surface area contributed by atoms with Crippen molar-refractivity contribution in [1.29, 1.82) is 0 Å². The van der Waals surface area contributed by atoms with Gasteiger partial charge >= 0.3 is 29.6 Å². The summed E-state index contributed by atoms with van der Waals surface area (Å²) >= 11 is 0. The number of carbonyl (C=O) groups excluding carboxylic acids is 2. The molecule has 0 aromatic carbocycles. The Bertz CT molecular complexity index is 208. The monoisotopic (exact) mass is 262 g/mol. The van der Waals surface area contributed by atoms with Crippen molar-refractivity contribution in [3.63, 3.8) is 0 Å². The van der Waals surface area contributed by atoms with Gasteiger partial charge in [0.15, 0.2) is 6.29 Å². The van der Waals surface area contributed by atoms with E-state index in [1.165, 1.54) is 0 Å². The minimum Gasteiger partial charge on any atom is -0.550 e. The van der Waals surface area contributed by atoms with Crippen molar-refractivity contribution in [3.8, 4) is 0 Å². The summed E-state index contributed by atoms with van der Waals surface area (Å²) in [7, 11) is 0. The van der Waals surface area contributed by atoms with Crippen LogP contribution >= 0.6 is 0 Å². The van der Waals surface area contributed by atoms with Crippen molar-refractivity contribution in [2.75, 3.05) is 6.61 Å². The van der Waals surface area contributed by atoms with E-state index in [1.807, 2.05) is 0 Å². The molecule has 0 aromatic rings. The van der Waals surface area contributed by atoms with Crippen molar-refractivity contribution >= 4 is 12.3 Å². The van der Waals surface area contributed by atoms with Gasteiger partial charge in [-0.3, -0.25) is 0 Å². The van der Waals surface area contributed by atoms with Crippen molar-refractivity contribution in [2.24, 2.45) is 0 Å². The molecule has 96 valence electrons. The number of aliphatic hydroxyl groups is 5. The average Bonchev–Trinajstić information content (AvgIpc) is 2.24. The molecule has 0 radical (unpaired) electrons. The van der Waals surface area contributed by atoms with Crippen LogP contribution in [0.2, 0.25) is 0 Å². The van der Waals surface area contributed by atoms with Gasteiger partial charge in [-0.1, -0.05) is 0 Å². The van der Waals surface area contributed by atoms with E-state index in [-0.39, 0.29) is 35.8 Å². The van der Waals surface area contributed by atoms with Crippen LogP contribution in [0.5, 0.6) is 0 Å². The first-order chi connectivity index (χ1) is 7.27. The predicted molar refractivity (Wildman–Crippen MR) is 47.9 cm³/mol. The van der Waals surface area contributed by atoms with Crippen LogP contribution in [-0.2, 0) is 9.59 Å². The summed E-state index contributed by atoms with van der Waals surface area (Å²) in [5.74, 6) is -1.08. The second-order valence-electron chi connectivity index (χ2n) is 2.85. The van der Waals surface area contributed by atoms with Gasteiger partial charge < -0.3 is 40.2 Å². The van der Waals surface area contributed by atoms with Gasteiger partial charge in [-0.05, 0) is 6.92 Å². The first-order valence-corrected chi connectivity index (χ1v) is 4.23. The standard InChI is InChI=1S/C6H12O6.C2H4O2.Na/c7-1-3(9)5(11)6(12)4(10)2-8;1-2(3)4;/h1,3-6,8-12H,2H2;1H3,(H,3,4);/q;;+1/p-1/t3-,4+,5+,6+;;/m0../s1. The molecule has 0 saturated carbocycles. The maximum absolute atomic E-state index is 9.90. The molecular weight excluding hydrogens is 247 g/mol. The van der Waals surface area contributed by atoms with E-state index >= 15 is 0 Å². The third-order valence-electron chi connectivity index (χ3n) is 1.42. The molecule has 0 heterocycles. The molecule has 5 N–H and O–H groups in total. The number of hydrogen-bond donors (Lipinski definition) is 5. The minimum absolute atomic E-state index is 0. The first kappa shape index (κ1) is 22.1. The van der Waals surface area contributed by atoms with Crippen molar-refractivity contribution < 1.29 is 69.8 Å². The molecule has 0 spiro atoms. The number of aldehydes is 1. The van der Waals surface area contributed by atoms with Gasteiger partial charge in [-0.2, -0.15) is 0 Å². The molecule has 17 heavy (non-hydrogen) atoms. The van der Waals surface area contributed by atoms with Crippen LogP contribution in [0.4, 0.5) is 0 Å². The Balaban J connectivity index is -0.000000340. The van der Waals surface area contributed by atoms with E-state index in [4.69, 9.17) is 35.4 Å². The topological polar surface area (TPSA) is 158 Å². The van der Waals surface area contributed by atoms with Gasteiger partial charge in [0, 0.05) is 5.97 Å². The molecule has 4 atom stereocenters. The van der Waals surface area contributed by atoms with Crippen LogP contribution in [0.3, 0.4) is 0 Å². The number of aliphatic carboxylic acids is 1. The summed E-state index contributed by atoms with van der Waals surface area (Å²) in [6.45, 7) is 0.212. The molecule has 0 saturated heterocycles. The van der Waals surface area contributed by atoms with Crippen molar-refractivity contribution in [1.82, 2.24) is 0 Å². The summed E-state index contributed by atoms with van der Waals surface area (Å²) in [6.07, 6.45) is -6.84. The number of rotatable bonds is 5. The Kier molecular flexibility index (Phi) is 16.2. The number of aliphatic hydroxyl groups excluding tert-OH is 5. The van der Waals surface area contributed by atoms with E-state index in [2.05, 4.69) is 0 Å². The second-order valence-corrected chi connectivity index (χ2v) is 2.85. The fourth-order valence-electron chi connectivity index (χ4n) is 0.618. The fraction of sp³-hybridized carbons (Fsp3) is 0.750. The maximum atomic E-state index is 9.90. The normalized spacial score (nSPS) is 16.4. The van der Waals surface area contributed by atoms with Crippen molar-refractivity contribution in [3.05, 3.63) is 0 Å². The Morgan fingerprint density at radius 1 is 1.24 bits per heavy atom. The molecular formula is C8H15NaO8. The molecule has 0 bridgehead atoms. The van der Waals surface area contributed by atoms with E-state index in [1.54, 1.807) is 0 Å². The quantitative estimate of drug-likeness (QED) is 0.241. The van der Waals surface area contributed by atoms with Crippen LogP contribution in [-0.4, -0.2) is 68.8 Å². The van der Waals surface area contributed by atoms with E-state index in [0.717, 1.165) is 6.92 Å². The third kappa shape index (κ3) is 12.2. The fourth-order valence-corrected chi connectivity index (χ4v) is 0.618. The zero-order valence-electron chi connectivity index (χ0n) is 9.55. The summed E-state index contributed by atoms with van der Waals surface area (Å²) in [4.78, 5) is 18.8. The first-order valence-electron chi connectivity index (χ1n) is 4.23. The van der Waals surface area contributed by atoms with Gasteiger partial charge in [0.2, 0.25) is 0 Å². The summed E-state index contributed by atoms with van der Waals surface area (Å²) < 4.78 is 0. The molecule has 0 unspecified atom stereocenters. The molecule has 0 fully saturated rings. The van der Waals surface area contributed by atoms with Gasteiger partial charge in [-0.15, -0.1) is 0 Å². The number of carboxylic acids is 1. The van der Waals surface area contributed by atoms with E-state index in [0.29, 0.717) is 0 Å². The SMILES string of the molecule is CC(=O)[O-].O=C[C@H](O)[C@@H](O)[C@H](O)[C@H](O)CO.[Na+]. The predicted octanol–water partition coefficient (Wildman–Crippen LogP) is -7.62. The molecule has 0 amide bonds. The summed E-state index contributed by atoms with van der Waals surface area (Å²) in [5.41, 5.74) is 0. The molecule has 0 aliphatic rings. The molecule has 0 aliphatic carbocycles. The van der Waals surface area contributed by atoms with Crippen LogP contribution in [0.25, 0.3) is 0 Å². The third-order valence-corrected chi connectivity index (χ3v) is 1.42. The summed E-state index contributed by atoms with van der Waals surface area (Å²) in [5, 5.41) is 52.4. The Hall–Kier alpha value is -0.0600. The molecule has 9 heteroatoms. The summed E-state index contributed by atoms with van der Waals surface area (Å²) in [6, 6.07) is 0. The average molecular weight is 262 g/mol. The van der Waals surface area contributed by atoms with Gasteiger partial charge in [0.05, 0.1) is 6.61 Å². The number of hydrogen-bond acceptors (Lipinski definition) is 8.